The summed E-state index contributed by atoms with van der Waals surface area (Å²) in [6, 6.07) is 4.58. The minimum absolute atomic E-state index is 0.0918. The molecule has 0 aromatic carbocycles. The molecule has 0 unspecified atom stereocenters. The van der Waals surface area contributed by atoms with Crippen molar-refractivity contribution in [1.29, 1.82) is 0 Å². The number of nitrogens with one attached hydrogen (secondary N) is 1. The lowest BCUT2D eigenvalue weighted by atomic mass is 9.98. The second kappa shape index (κ2) is 6.20. The first kappa shape index (κ1) is 14.6. The Labute approximate surface area is 130 Å². The second-order valence-corrected chi connectivity index (χ2v) is 6.27. The molecule has 0 bridgehead atoms. The average molecular weight is 309 g/mol. The highest BCUT2D eigenvalue weighted by Gasteiger charge is 2.37. The zero-order valence-electron chi connectivity index (χ0n) is 12.3. The van der Waals surface area contributed by atoms with Gasteiger partial charge in [0.05, 0.1) is 5.69 Å². The smallest absolute Gasteiger partial charge is 0.321 e. The third-order valence-corrected chi connectivity index (χ3v) is 4.77. The Balaban J connectivity index is 1.52. The Bertz CT molecular complexity index is 518. The molecule has 0 aliphatic carbocycles. The maximum absolute atomic E-state index is 12.2. The lowest BCUT2D eigenvalue weighted by Crippen LogP contribution is -2.64. The summed E-state index contributed by atoms with van der Waals surface area (Å²) in [6.45, 7) is 5.05. The summed E-state index contributed by atoms with van der Waals surface area (Å²) in [5.41, 5.74) is 0.568. The predicted molar refractivity (Wildman–Crippen MR) is 83.6 cm³/mol. The van der Waals surface area contributed by atoms with Gasteiger partial charge in [-0.3, -0.25) is 4.90 Å². The Morgan fingerprint density at radius 2 is 2.24 bits per heavy atom. The Morgan fingerprint density at radius 1 is 1.43 bits per heavy atom. The fraction of sp³-hybridized carbons (Fsp3) is 0.600. The van der Waals surface area contributed by atoms with Crippen LogP contribution in [0.2, 0.25) is 5.15 Å². The van der Waals surface area contributed by atoms with Crippen LogP contribution in [-0.2, 0) is 0 Å². The molecular formula is C15H21ClN4O. The third kappa shape index (κ3) is 3.14. The van der Waals surface area contributed by atoms with Crippen LogP contribution in [0.4, 0.5) is 10.5 Å². The van der Waals surface area contributed by atoms with Crippen LogP contribution in [0.25, 0.3) is 0 Å². The van der Waals surface area contributed by atoms with Crippen LogP contribution in [0.3, 0.4) is 0 Å². The van der Waals surface area contributed by atoms with Crippen LogP contribution in [0, 0.1) is 0 Å². The molecule has 2 fully saturated rings. The fourth-order valence-electron chi connectivity index (χ4n) is 3.17. The van der Waals surface area contributed by atoms with E-state index in [0.29, 0.717) is 22.9 Å². The van der Waals surface area contributed by atoms with Gasteiger partial charge in [-0.25, -0.2) is 9.78 Å². The van der Waals surface area contributed by atoms with Crippen molar-refractivity contribution in [3.63, 3.8) is 0 Å². The second-order valence-electron chi connectivity index (χ2n) is 5.91. The molecule has 1 aromatic rings. The first-order valence-corrected chi connectivity index (χ1v) is 7.95. The predicted octanol–water partition coefficient (Wildman–Crippen LogP) is 2.83. The molecule has 3 rings (SSSR count). The zero-order valence-corrected chi connectivity index (χ0v) is 13.0. The summed E-state index contributed by atoms with van der Waals surface area (Å²) in [7, 11) is 0. The van der Waals surface area contributed by atoms with E-state index in [1.807, 2.05) is 4.90 Å². The van der Waals surface area contributed by atoms with Gasteiger partial charge in [0.1, 0.15) is 0 Å². The van der Waals surface area contributed by atoms with Crippen molar-refractivity contribution in [2.24, 2.45) is 0 Å². The van der Waals surface area contributed by atoms with Crippen molar-refractivity contribution in [2.45, 2.75) is 38.3 Å². The third-order valence-electron chi connectivity index (χ3n) is 4.47. The molecule has 114 valence electrons. The summed E-state index contributed by atoms with van der Waals surface area (Å²) in [5, 5.41) is 3.15. The number of piperidine rings is 1. The molecule has 2 aliphatic heterocycles. The lowest BCUT2D eigenvalue weighted by Gasteiger charge is -2.49. The number of aromatic nitrogens is 1. The van der Waals surface area contributed by atoms with E-state index in [1.165, 1.54) is 19.3 Å². The number of hydrogen-bond donors (Lipinski definition) is 1. The number of anilines is 1. The molecule has 2 amide bonds. The van der Waals surface area contributed by atoms with Crippen molar-refractivity contribution in [3.05, 3.63) is 23.5 Å². The van der Waals surface area contributed by atoms with E-state index in [-0.39, 0.29) is 6.03 Å². The maximum Gasteiger partial charge on any atom is 0.322 e. The number of carbonyl (C=O) groups is 1. The Morgan fingerprint density at radius 3 is 2.95 bits per heavy atom. The minimum atomic E-state index is -0.0918. The lowest BCUT2D eigenvalue weighted by molar-refractivity contribution is 0.0199. The van der Waals surface area contributed by atoms with E-state index in [1.54, 1.807) is 18.3 Å². The Kier molecular flexibility index (Phi) is 4.31. The van der Waals surface area contributed by atoms with Crippen molar-refractivity contribution in [1.82, 2.24) is 14.8 Å². The highest BCUT2D eigenvalue weighted by Crippen LogP contribution is 2.25. The average Bonchev–Trinajstić information content (AvgIpc) is 2.42. The van der Waals surface area contributed by atoms with Crippen LogP contribution in [0.1, 0.15) is 26.2 Å². The van der Waals surface area contributed by atoms with E-state index in [0.717, 1.165) is 19.6 Å². The SMILES string of the molecule is C[C@H]1CCCCN1C1CN(C(=O)Nc2cccnc2Cl)C1. The van der Waals surface area contributed by atoms with Gasteiger partial charge < -0.3 is 10.2 Å². The number of pyridine rings is 1. The van der Waals surface area contributed by atoms with Crippen LogP contribution < -0.4 is 5.32 Å². The number of likely N-dealkylation sites (tertiary alicyclic amines) is 2. The van der Waals surface area contributed by atoms with E-state index in [2.05, 4.69) is 22.1 Å². The van der Waals surface area contributed by atoms with Gasteiger partial charge in [0.15, 0.2) is 5.15 Å². The van der Waals surface area contributed by atoms with Crippen LogP contribution in [0.5, 0.6) is 0 Å². The molecule has 1 atom stereocenters. The van der Waals surface area contributed by atoms with Gasteiger partial charge in [0, 0.05) is 31.4 Å². The molecule has 5 nitrogen and oxygen atoms in total. The highest BCUT2D eigenvalue weighted by molar-refractivity contribution is 6.32. The molecule has 0 saturated carbocycles. The number of nitrogens with zero attached hydrogens (tertiary/aromatic N) is 3. The summed E-state index contributed by atoms with van der Waals surface area (Å²) < 4.78 is 0. The molecule has 2 aliphatic rings. The number of hydrogen-bond acceptors (Lipinski definition) is 3. The largest absolute Gasteiger partial charge is 0.322 e. The molecule has 3 heterocycles. The first-order valence-electron chi connectivity index (χ1n) is 7.57. The molecule has 6 heteroatoms. The topological polar surface area (TPSA) is 48.5 Å². The molecule has 1 aromatic heterocycles. The normalized spacial score (nSPS) is 23.7. The van der Waals surface area contributed by atoms with Crippen molar-refractivity contribution >= 4 is 23.3 Å². The number of halogens is 1. The van der Waals surface area contributed by atoms with Crippen LogP contribution in [0.15, 0.2) is 18.3 Å². The Hall–Kier alpha value is -1.33. The molecule has 2 saturated heterocycles. The van der Waals surface area contributed by atoms with Gasteiger partial charge in [-0.2, -0.15) is 0 Å². The molecular weight excluding hydrogens is 288 g/mol. The fourth-order valence-corrected chi connectivity index (χ4v) is 3.33. The standard InChI is InChI=1S/C15H21ClN4O/c1-11-5-2-3-8-20(11)12-9-19(10-12)15(21)18-13-6-4-7-17-14(13)16/h4,6-7,11-12H,2-3,5,8-10H2,1H3,(H,18,21)/t11-/m0/s1. The summed E-state index contributed by atoms with van der Waals surface area (Å²) in [4.78, 5) is 20.5. The van der Waals surface area contributed by atoms with Crippen molar-refractivity contribution in [2.75, 3.05) is 25.0 Å². The molecule has 1 N–H and O–H groups in total. The molecule has 0 spiro atoms. The summed E-state index contributed by atoms with van der Waals surface area (Å²) >= 11 is 5.95. The summed E-state index contributed by atoms with van der Waals surface area (Å²) in [5.74, 6) is 0. The van der Waals surface area contributed by atoms with Crippen molar-refractivity contribution in [3.8, 4) is 0 Å². The van der Waals surface area contributed by atoms with Gasteiger partial charge in [-0.05, 0) is 38.4 Å². The monoisotopic (exact) mass is 308 g/mol. The van der Waals surface area contributed by atoms with E-state index >= 15 is 0 Å². The summed E-state index contributed by atoms with van der Waals surface area (Å²) in [6.07, 6.45) is 5.48. The van der Waals surface area contributed by atoms with Gasteiger partial charge in [-0.1, -0.05) is 18.0 Å². The quantitative estimate of drug-likeness (QED) is 0.855. The zero-order chi connectivity index (χ0) is 14.8. The van der Waals surface area contributed by atoms with Gasteiger partial charge in [-0.15, -0.1) is 0 Å². The number of carbonyl (C=O) groups excluding carboxylic acids is 1. The van der Waals surface area contributed by atoms with Crippen LogP contribution >= 0.6 is 11.6 Å². The van der Waals surface area contributed by atoms with Gasteiger partial charge in [0.2, 0.25) is 0 Å². The highest BCUT2D eigenvalue weighted by atomic mass is 35.5. The first-order chi connectivity index (χ1) is 10.1. The minimum Gasteiger partial charge on any atom is -0.321 e. The maximum atomic E-state index is 12.2. The van der Waals surface area contributed by atoms with E-state index in [9.17, 15) is 4.79 Å². The molecule has 21 heavy (non-hydrogen) atoms. The van der Waals surface area contributed by atoms with Crippen LogP contribution in [-0.4, -0.2) is 52.5 Å². The van der Waals surface area contributed by atoms with Crippen molar-refractivity contribution < 1.29 is 4.79 Å². The number of rotatable bonds is 2. The van der Waals surface area contributed by atoms with E-state index in [4.69, 9.17) is 11.6 Å². The molecule has 0 radical (unpaired) electrons. The van der Waals surface area contributed by atoms with Gasteiger partial charge in [0.25, 0.3) is 0 Å². The van der Waals surface area contributed by atoms with E-state index < -0.39 is 0 Å². The number of urea groups is 1. The van der Waals surface area contributed by atoms with Gasteiger partial charge >= 0.3 is 6.03 Å². The number of amides is 2.